The van der Waals surface area contributed by atoms with Gasteiger partial charge in [-0.05, 0) is 44.2 Å². The molecule has 2 fully saturated rings. The summed E-state index contributed by atoms with van der Waals surface area (Å²) in [5, 5.41) is 3.92. The summed E-state index contributed by atoms with van der Waals surface area (Å²) in [5.74, 6) is 2.55. The highest BCUT2D eigenvalue weighted by Gasteiger charge is 2.46. The average Bonchev–Trinajstić information content (AvgIpc) is 3.29. The maximum absolute atomic E-state index is 13.7. The summed E-state index contributed by atoms with van der Waals surface area (Å²) in [4.78, 5) is 31.1. The molecule has 5 rings (SSSR count). The van der Waals surface area contributed by atoms with E-state index < -0.39 is 0 Å². The first-order chi connectivity index (χ1) is 16.1. The van der Waals surface area contributed by atoms with Gasteiger partial charge in [-0.2, -0.15) is 9.97 Å². The fourth-order valence-corrected chi connectivity index (χ4v) is 4.98. The summed E-state index contributed by atoms with van der Waals surface area (Å²) < 4.78 is 10.6. The van der Waals surface area contributed by atoms with E-state index >= 15 is 0 Å². The number of carbonyl (C=O) groups is 1. The van der Waals surface area contributed by atoms with Crippen molar-refractivity contribution in [2.75, 3.05) is 31.6 Å². The lowest BCUT2D eigenvalue weighted by Crippen LogP contribution is -2.53. The van der Waals surface area contributed by atoms with Crippen molar-refractivity contribution in [1.29, 1.82) is 0 Å². The van der Waals surface area contributed by atoms with Gasteiger partial charge in [-0.1, -0.05) is 23.4 Å². The molecule has 172 valence electrons. The van der Waals surface area contributed by atoms with Gasteiger partial charge in [0.1, 0.15) is 0 Å². The molecule has 0 radical (unpaired) electrons. The van der Waals surface area contributed by atoms with Crippen LogP contribution in [0.4, 0.5) is 5.95 Å². The molecule has 3 aromatic rings. The van der Waals surface area contributed by atoms with Gasteiger partial charge in [0.25, 0.3) is 5.89 Å². The highest BCUT2D eigenvalue weighted by Crippen LogP contribution is 2.42. The zero-order valence-electron chi connectivity index (χ0n) is 19.0. The van der Waals surface area contributed by atoms with E-state index in [1.807, 2.05) is 29.2 Å². The smallest absolute Gasteiger partial charge is 0.258 e. The second kappa shape index (κ2) is 8.80. The standard InChI is InChI=1S/C24H28N6O3/c1-17-26-21(33-28-17)19-7-4-3-6-18(19)16-30-13-5-9-24(22(30)31)10-14-29(15-11-24)23-25-12-8-20(27-23)32-2/h3-4,6-8,12H,5,9-11,13-16H2,1-2H3. The third-order valence-electron chi connectivity index (χ3n) is 6.79. The fraction of sp³-hybridized carbons (Fsp3) is 0.458. The van der Waals surface area contributed by atoms with E-state index in [-0.39, 0.29) is 11.3 Å². The van der Waals surface area contributed by atoms with E-state index in [1.54, 1.807) is 26.3 Å². The van der Waals surface area contributed by atoms with Crippen LogP contribution in [0.25, 0.3) is 11.5 Å². The van der Waals surface area contributed by atoms with E-state index in [4.69, 9.17) is 9.26 Å². The SMILES string of the molecule is COc1ccnc(N2CCC3(CCCN(Cc4ccccc4-c4nc(C)no4)C3=O)CC2)n1. The van der Waals surface area contributed by atoms with Crippen LogP contribution in [0, 0.1) is 12.3 Å². The molecular formula is C24H28N6O3. The Labute approximate surface area is 192 Å². The summed E-state index contributed by atoms with van der Waals surface area (Å²) >= 11 is 0. The minimum absolute atomic E-state index is 0.247. The van der Waals surface area contributed by atoms with Crippen molar-refractivity contribution in [2.45, 2.75) is 39.2 Å². The molecule has 0 saturated carbocycles. The zero-order chi connectivity index (χ0) is 22.8. The minimum Gasteiger partial charge on any atom is -0.481 e. The number of amides is 1. The number of hydrogen-bond acceptors (Lipinski definition) is 8. The number of methoxy groups -OCH3 is 1. The Bertz CT molecular complexity index is 1140. The molecule has 0 bridgehead atoms. The molecule has 33 heavy (non-hydrogen) atoms. The number of aryl methyl sites for hydroxylation is 1. The summed E-state index contributed by atoms with van der Waals surface area (Å²) in [6, 6.07) is 9.68. The number of ether oxygens (including phenoxy) is 1. The lowest BCUT2D eigenvalue weighted by Gasteiger charge is -2.46. The number of anilines is 1. The molecule has 0 aliphatic carbocycles. The van der Waals surface area contributed by atoms with Gasteiger partial charge in [0.05, 0.1) is 12.5 Å². The number of rotatable bonds is 5. The quantitative estimate of drug-likeness (QED) is 0.587. The average molecular weight is 449 g/mol. The van der Waals surface area contributed by atoms with Gasteiger partial charge < -0.3 is 19.1 Å². The van der Waals surface area contributed by atoms with Crippen molar-refractivity contribution in [3.63, 3.8) is 0 Å². The van der Waals surface area contributed by atoms with Crippen LogP contribution >= 0.6 is 0 Å². The van der Waals surface area contributed by atoms with Crippen LogP contribution in [0.15, 0.2) is 41.1 Å². The van der Waals surface area contributed by atoms with Gasteiger partial charge in [-0.3, -0.25) is 4.79 Å². The molecule has 2 saturated heterocycles. The topological polar surface area (TPSA) is 97.5 Å². The fourth-order valence-electron chi connectivity index (χ4n) is 4.98. The van der Waals surface area contributed by atoms with E-state index in [2.05, 4.69) is 25.0 Å². The molecule has 2 aliphatic heterocycles. The number of likely N-dealkylation sites (tertiary alicyclic amines) is 1. The number of aromatic nitrogens is 4. The largest absolute Gasteiger partial charge is 0.481 e. The van der Waals surface area contributed by atoms with Crippen molar-refractivity contribution >= 4 is 11.9 Å². The van der Waals surface area contributed by atoms with Crippen molar-refractivity contribution in [1.82, 2.24) is 25.0 Å². The van der Waals surface area contributed by atoms with E-state index in [0.29, 0.717) is 30.1 Å². The molecule has 1 aromatic carbocycles. The van der Waals surface area contributed by atoms with Gasteiger partial charge in [-0.15, -0.1) is 0 Å². The first-order valence-electron chi connectivity index (χ1n) is 11.4. The highest BCUT2D eigenvalue weighted by molar-refractivity contribution is 5.84. The highest BCUT2D eigenvalue weighted by atomic mass is 16.5. The van der Waals surface area contributed by atoms with Gasteiger partial charge >= 0.3 is 0 Å². The number of carbonyl (C=O) groups excluding carboxylic acids is 1. The summed E-state index contributed by atoms with van der Waals surface area (Å²) in [7, 11) is 1.60. The van der Waals surface area contributed by atoms with Crippen LogP contribution in [-0.4, -0.2) is 57.7 Å². The van der Waals surface area contributed by atoms with Crippen molar-refractivity contribution < 1.29 is 14.1 Å². The van der Waals surface area contributed by atoms with Gasteiger partial charge in [0.2, 0.25) is 17.7 Å². The molecule has 0 N–H and O–H groups in total. The Morgan fingerprint density at radius 3 is 2.67 bits per heavy atom. The second-order valence-electron chi connectivity index (χ2n) is 8.80. The molecule has 4 heterocycles. The first kappa shape index (κ1) is 21.4. The first-order valence-corrected chi connectivity index (χ1v) is 11.4. The van der Waals surface area contributed by atoms with Crippen LogP contribution in [-0.2, 0) is 11.3 Å². The Morgan fingerprint density at radius 1 is 1.09 bits per heavy atom. The van der Waals surface area contributed by atoms with E-state index in [1.165, 1.54) is 0 Å². The molecule has 2 aliphatic rings. The summed E-state index contributed by atoms with van der Waals surface area (Å²) in [5.41, 5.74) is 1.59. The predicted octanol–water partition coefficient (Wildman–Crippen LogP) is 3.25. The second-order valence-corrected chi connectivity index (χ2v) is 8.80. The molecule has 9 heteroatoms. The molecule has 1 spiro atoms. The lowest BCUT2D eigenvalue weighted by molar-refractivity contribution is -0.148. The third kappa shape index (κ3) is 4.15. The molecule has 2 aromatic heterocycles. The molecule has 9 nitrogen and oxygen atoms in total. The summed E-state index contributed by atoms with van der Waals surface area (Å²) in [6.45, 7) is 4.62. The summed E-state index contributed by atoms with van der Waals surface area (Å²) in [6.07, 6.45) is 5.24. The molecule has 0 unspecified atom stereocenters. The van der Waals surface area contributed by atoms with Crippen molar-refractivity contribution in [3.05, 3.63) is 47.9 Å². The Balaban J connectivity index is 1.31. The Kier molecular flexibility index (Phi) is 5.70. The lowest BCUT2D eigenvalue weighted by atomic mass is 9.71. The van der Waals surface area contributed by atoms with Crippen molar-refractivity contribution in [2.24, 2.45) is 5.41 Å². The predicted molar refractivity (Wildman–Crippen MR) is 122 cm³/mol. The monoisotopic (exact) mass is 448 g/mol. The number of piperidine rings is 2. The van der Waals surface area contributed by atoms with E-state index in [9.17, 15) is 4.79 Å². The molecular weight excluding hydrogens is 420 g/mol. The number of hydrogen-bond donors (Lipinski definition) is 0. The Morgan fingerprint density at radius 2 is 1.91 bits per heavy atom. The van der Waals surface area contributed by atoms with E-state index in [0.717, 1.165) is 56.4 Å². The Hall–Kier alpha value is -3.49. The van der Waals surface area contributed by atoms with Gasteiger partial charge in [-0.25, -0.2) is 4.98 Å². The van der Waals surface area contributed by atoms with Crippen LogP contribution < -0.4 is 9.64 Å². The molecule has 1 amide bonds. The minimum atomic E-state index is -0.316. The maximum Gasteiger partial charge on any atom is 0.258 e. The number of benzene rings is 1. The van der Waals surface area contributed by atoms with Crippen LogP contribution in [0.5, 0.6) is 5.88 Å². The maximum atomic E-state index is 13.7. The van der Waals surface area contributed by atoms with Crippen LogP contribution in [0.2, 0.25) is 0 Å². The number of nitrogens with zero attached hydrogens (tertiary/aromatic N) is 6. The van der Waals surface area contributed by atoms with Gasteiger partial charge in [0, 0.05) is 44.0 Å². The van der Waals surface area contributed by atoms with Crippen molar-refractivity contribution in [3.8, 4) is 17.3 Å². The van der Waals surface area contributed by atoms with Crippen LogP contribution in [0.1, 0.15) is 37.1 Å². The van der Waals surface area contributed by atoms with Crippen LogP contribution in [0.3, 0.4) is 0 Å². The van der Waals surface area contributed by atoms with Gasteiger partial charge in [0.15, 0.2) is 5.82 Å². The zero-order valence-corrected chi connectivity index (χ0v) is 19.0. The normalized spacial score (nSPS) is 18.1. The molecule has 0 atom stereocenters. The third-order valence-corrected chi connectivity index (χ3v) is 6.79.